The smallest absolute Gasteiger partial charge is 0.335 e. The summed E-state index contributed by atoms with van der Waals surface area (Å²) in [7, 11) is 0. The zero-order chi connectivity index (χ0) is 24.6. The molecule has 4 rings (SSSR count). The molecule has 4 aromatic rings. The summed E-state index contributed by atoms with van der Waals surface area (Å²) in [6.45, 7) is 2.22. The Bertz CT molecular complexity index is 1300. The number of tetrazole rings is 1. The van der Waals surface area contributed by atoms with Crippen molar-refractivity contribution in [3.63, 3.8) is 0 Å². The van der Waals surface area contributed by atoms with Crippen molar-refractivity contribution in [2.45, 2.75) is 32.8 Å². The number of carbonyl (C=O) groups is 2. The van der Waals surface area contributed by atoms with Crippen molar-refractivity contribution >= 4 is 17.6 Å². The Morgan fingerprint density at radius 2 is 1.80 bits per heavy atom. The van der Waals surface area contributed by atoms with Crippen molar-refractivity contribution < 1.29 is 19.4 Å². The molecule has 0 aliphatic carbocycles. The Balaban J connectivity index is 1.51. The fourth-order valence-corrected chi connectivity index (χ4v) is 3.58. The largest absolute Gasteiger partial charge is 0.487 e. The maximum absolute atomic E-state index is 12.2. The van der Waals surface area contributed by atoms with E-state index < -0.39 is 5.97 Å². The van der Waals surface area contributed by atoms with Gasteiger partial charge in [-0.1, -0.05) is 61.9 Å². The van der Waals surface area contributed by atoms with Crippen LogP contribution < -0.4 is 10.1 Å². The third-order valence-electron chi connectivity index (χ3n) is 5.45. The molecule has 0 atom stereocenters. The Labute approximate surface area is 202 Å². The van der Waals surface area contributed by atoms with Gasteiger partial charge in [0.05, 0.1) is 11.3 Å². The average molecular weight is 472 g/mol. The number of hydrogen-bond acceptors (Lipinski definition) is 6. The summed E-state index contributed by atoms with van der Waals surface area (Å²) in [5, 5.41) is 26.3. The van der Waals surface area contributed by atoms with Gasteiger partial charge in [0.25, 0.3) is 0 Å². The highest BCUT2D eigenvalue weighted by atomic mass is 16.5. The summed E-state index contributed by atoms with van der Waals surface area (Å²) < 4.78 is 5.94. The number of amides is 1. The van der Waals surface area contributed by atoms with Gasteiger partial charge >= 0.3 is 5.97 Å². The number of hydrogen-bond donors (Lipinski definition) is 3. The summed E-state index contributed by atoms with van der Waals surface area (Å²) in [5.41, 5.74) is 4.26. The number of aromatic carboxylic acids is 1. The molecule has 9 heteroatoms. The molecule has 3 aromatic carbocycles. The SMILES string of the molecule is CCCCC(=O)Nc1ccc(C(=O)O)cc1OCc1ccc(-c2ccccc2-c2nnn[nH]2)cc1. The Morgan fingerprint density at radius 3 is 2.49 bits per heavy atom. The molecule has 0 spiro atoms. The number of carboxylic acid groups (broad SMARTS) is 1. The van der Waals surface area contributed by atoms with Crippen LogP contribution in [0.15, 0.2) is 66.7 Å². The molecule has 0 saturated carbocycles. The first-order valence-corrected chi connectivity index (χ1v) is 11.3. The number of aromatic amines is 1. The van der Waals surface area contributed by atoms with Gasteiger partial charge in [-0.15, -0.1) is 5.10 Å². The summed E-state index contributed by atoms with van der Waals surface area (Å²) >= 11 is 0. The molecule has 1 amide bonds. The van der Waals surface area contributed by atoms with Gasteiger partial charge < -0.3 is 15.2 Å². The first kappa shape index (κ1) is 23.6. The van der Waals surface area contributed by atoms with Gasteiger partial charge in [0, 0.05) is 12.0 Å². The topological polar surface area (TPSA) is 130 Å². The van der Waals surface area contributed by atoms with Crippen LogP contribution in [0.25, 0.3) is 22.5 Å². The van der Waals surface area contributed by atoms with Crippen molar-refractivity contribution in [1.29, 1.82) is 0 Å². The lowest BCUT2D eigenvalue weighted by Crippen LogP contribution is -2.12. The molecule has 9 nitrogen and oxygen atoms in total. The van der Waals surface area contributed by atoms with E-state index in [-0.39, 0.29) is 18.1 Å². The van der Waals surface area contributed by atoms with Crippen molar-refractivity contribution in [3.8, 4) is 28.3 Å². The molecule has 0 aliphatic rings. The first-order valence-electron chi connectivity index (χ1n) is 11.3. The third-order valence-corrected chi connectivity index (χ3v) is 5.45. The number of H-pyrrole nitrogens is 1. The molecule has 1 aromatic heterocycles. The van der Waals surface area contributed by atoms with Gasteiger partial charge in [-0.25, -0.2) is 9.89 Å². The number of carboxylic acids is 1. The van der Waals surface area contributed by atoms with Crippen molar-refractivity contribution in [1.82, 2.24) is 20.6 Å². The number of carbonyl (C=O) groups excluding carboxylic acids is 1. The summed E-state index contributed by atoms with van der Waals surface area (Å²) in [6, 6.07) is 20.1. The van der Waals surface area contributed by atoms with Crippen LogP contribution >= 0.6 is 0 Å². The Morgan fingerprint density at radius 1 is 1.03 bits per heavy atom. The van der Waals surface area contributed by atoms with E-state index in [1.54, 1.807) is 6.07 Å². The fourth-order valence-electron chi connectivity index (χ4n) is 3.58. The number of nitrogens with zero attached hydrogens (tertiary/aromatic N) is 3. The van der Waals surface area contributed by atoms with Crippen LogP contribution in [0.3, 0.4) is 0 Å². The maximum atomic E-state index is 12.2. The van der Waals surface area contributed by atoms with Crippen LogP contribution in [0, 0.1) is 0 Å². The third kappa shape index (κ3) is 5.89. The van der Waals surface area contributed by atoms with E-state index in [1.165, 1.54) is 12.1 Å². The van der Waals surface area contributed by atoms with E-state index in [1.807, 2.05) is 55.5 Å². The lowest BCUT2D eigenvalue weighted by molar-refractivity contribution is -0.116. The first-order chi connectivity index (χ1) is 17.0. The molecule has 0 radical (unpaired) electrons. The highest BCUT2D eigenvalue weighted by Crippen LogP contribution is 2.31. The van der Waals surface area contributed by atoms with Gasteiger partial charge in [-0.05, 0) is 51.7 Å². The van der Waals surface area contributed by atoms with Gasteiger partial charge in [-0.2, -0.15) is 0 Å². The van der Waals surface area contributed by atoms with Gasteiger partial charge in [0.15, 0.2) is 5.82 Å². The second-order valence-corrected chi connectivity index (χ2v) is 7.95. The van der Waals surface area contributed by atoms with Crippen LogP contribution in [-0.4, -0.2) is 37.6 Å². The van der Waals surface area contributed by atoms with Crippen LogP contribution in [0.1, 0.15) is 42.1 Å². The van der Waals surface area contributed by atoms with Gasteiger partial charge in [-0.3, -0.25) is 4.79 Å². The zero-order valence-corrected chi connectivity index (χ0v) is 19.2. The van der Waals surface area contributed by atoms with E-state index >= 15 is 0 Å². The molecule has 0 unspecified atom stereocenters. The van der Waals surface area contributed by atoms with Crippen LogP contribution in [0.2, 0.25) is 0 Å². The van der Waals surface area contributed by atoms with Gasteiger partial charge in [0.1, 0.15) is 12.4 Å². The quantitative estimate of drug-likeness (QED) is 0.299. The molecule has 35 heavy (non-hydrogen) atoms. The zero-order valence-electron chi connectivity index (χ0n) is 19.2. The predicted molar refractivity (Wildman–Crippen MR) is 131 cm³/mol. The minimum atomic E-state index is -1.07. The molecular weight excluding hydrogens is 446 g/mol. The summed E-state index contributed by atoms with van der Waals surface area (Å²) in [4.78, 5) is 23.6. The number of anilines is 1. The standard InChI is InChI=1S/C26H25N5O4/c1-2-3-8-24(32)27-22-14-13-19(26(33)34)15-23(22)35-16-17-9-11-18(12-10-17)20-6-4-5-7-21(20)25-28-30-31-29-25/h4-7,9-15H,2-3,8,16H2,1H3,(H,27,32)(H,33,34)(H,28,29,30,31). The summed E-state index contributed by atoms with van der Waals surface area (Å²) in [5.74, 6) is -0.310. The minimum absolute atomic E-state index is 0.0837. The lowest BCUT2D eigenvalue weighted by Gasteiger charge is -2.14. The molecule has 3 N–H and O–H groups in total. The highest BCUT2D eigenvalue weighted by Gasteiger charge is 2.13. The van der Waals surface area contributed by atoms with E-state index in [4.69, 9.17) is 4.74 Å². The molecule has 0 aliphatic heterocycles. The van der Waals surface area contributed by atoms with E-state index in [2.05, 4.69) is 25.9 Å². The van der Waals surface area contributed by atoms with E-state index in [0.29, 0.717) is 23.7 Å². The number of unbranched alkanes of at least 4 members (excludes halogenated alkanes) is 1. The number of ether oxygens (including phenoxy) is 1. The second-order valence-electron chi connectivity index (χ2n) is 7.95. The molecule has 178 valence electrons. The minimum Gasteiger partial charge on any atom is -0.487 e. The van der Waals surface area contributed by atoms with Crippen LogP contribution in [0.4, 0.5) is 5.69 Å². The molecular formula is C26H25N5O4. The van der Waals surface area contributed by atoms with Crippen molar-refractivity contribution in [3.05, 3.63) is 77.9 Å². The normalized spacial score (nSPS) is 10.7. The predicted octanol–water partition coefficient (Wildman–Crippen LogP) is 4.94. The van der Waals surface area contributed by atoms with Gasteiger partial charge in [0.2, 0.25) is 5.91 Å². The van der Waals surface area contributed by atoms with E-state index in [0.717, 1.165) is 35.1 Å². The fraction of sp³-hybridized carbons (Fsp3) is 0.192. The number of benzene rings is 3. The second kappa shape index (κ2) is 11.1. The molecule has 0 saturated heterocycles. The van der Waals surface area contributed by atoms with Crippen molar-refractivity contribution in [2.75, 3.05) is 5.32 Å². The Hall–Kier alpha value is -4.53. The van der Waals surface area contributed by atoms with Crippen molar-refractivity contribution in [2.24, 2.45) is 0 Å². The molecule has 0 bridgehead atoms. The Kier molecular flexibility index (Phi) is 7.47. The monoisotopic (exact) mass is 471 g/mol. The number of aromatic nitrogens is 4. The maximum Gasteiger partial charge on any atom is 0.335 e. The average Bonchev–Trinajstić information content (AvgIpc) is 3.42. The van der Waals surface area contributed by atoms with Crippen LogP contribution in [-0.2, 0) is 11.4 Å². The number of rotatable bonds is 10. The molecule has 1 heterocycles. The number of nitrogens with one attached hydrogen (secondary N) is 2. The molecule has 0 fully saturated rings. The highest BCUT2D eigenvalue weighted by molar-refractivity contribution is 5.94. The lowest BCUT2D eigenvalue weighted by atomic mass is 9.98. The van der Waals surface area contributed by atoms with Crippen LogP contribution in [0.5, 0.6) is 5.75 Å². The van der Waals surface area contributed by atoms with E-state index in [9.17, 15) is 14.7 Å². The summed E-state index contributed by atoms with van der Waals surface area (Å²) in [6.07, 6.45) is 2.08.